The third kappa shape index (κ3) is 2.31. The van der Waals surface area contributed by atoms with E-state index in [0.29, 0.717) is 0 Å². The quantitative estimate of drug-likeness (QED) is 0.440. The molecular weight excluding hydrogens is 213 g/mol. The van der Waals surface area contributed by atoms with Crippen molar-refractivity contribution >= 4 is 29.1 Å². The van der Waals surface area contributed by atoms with Gasteiger partial charge in [0.15, 0.2) is 6.19 Å². The van der Waals surface area contributed by atoms with Crippen molar-refractivity contribution in [1.29, 1.82) is 5.26 Å². The molecule has 13 heavy (non-hydrogen) atoms. The van der Waals surface area contributed by atoms with Gasteiger partial charge in [0, 0.05) is 6.20 Å². The van der Waals surface area contributed by atoms with Crippen molar-refractivity contribution in [2.45, 2.75) is 0 Å². The van der Waals surface area contributed by atoms with E-state index >= 15 is 0 Å². The number of nitrogens with zero attached hydrogens (tertiary/aromatic N) is 2. The lowest BCUT2D eigenvalue weighted by molar-refractivity contribution is 0.0973. The van der Waals surface area contributed by atoms with Crippen LogP contribution in [0.15, 0.2) is 12.3 Å². The van der Waals surface area contributed by atoms with Gasteiger partial charge < -0.3 is 0 Å². The molecule has 1 heterocycles. The Hall–Kier alpha value is -1.31. The van der Waals surface area contributed by atoms with Crippen LogP contribution in [0.2, 0.25) is 10.2 Å². The van der Waals surface area contributed by atoms with Gasteiger partial charge in [0.25, 0.3) is 5.91 Å². The molecule has 1 aromatic rings. The number of hydrogen-bond donors (Lipinski definition) is 1. The van der Waals surface area contributed by atoms with E-state index in [9.17, 15) is 4.79 Å². The Morgan fingerprint density at radius 1 is 1.62 bits per heavy atom. The molecule has 4 nitrogen and oxygen atoms in total. The molecule has 1 amide bonds. The van der Waals surface area contributed by atoms with E-state index in [-0.39, 0.29) is 15.7 Å². The molecule has 0 radical (unpaired) electrons. The molecule has 0 saturated heterocycles. The zero-order chi connectivity index (χ0) is 9.84. The molecule has 6 heteroatoms. The van der Waals surface area contributed by atoms with Crippen LogP contribution in [0.5, 0.6) is 0 Å². The first-order valence-electron chi connectivity index (χ1n) is 3.15. The number of carbonyl (C=O) groups excluding carboxylic acids is 1. The number of carbonyl (C=O) groups is 1. The van der Waals surface area contributed by atoms with Crippen molar-refractivity contribution < 1.29 is 4.79 Å². The molecule has 66 valence electrons. The monoisotopic (exact) mass is 215 g/mol. The first kappa shape index (κ1) is 9.78. The summed E-state index contributed by atoms with van der Waals surface area (Å²) < 4.78 is 0. The SMILES string of the molecule is N#CNC(=O)c1cc(Cl)ncc1Cl. The summed E-state index contributed by atoms with van der Waals surface area (Å²) in [6, 6.07) is 1.29. The van der Waals surface area contributed by atoms with Gasteiger partial charge in [-0.2, -0.15) is 5.26 Å². The van der Waals surface area contributed by atoms with Crippen LogP contribution in [0.1, 0.15) is 10.4 Å². The molecule has 1 aromatic heterocycles. The van der Waals surface area contributed by atoms with Gasteiger partial charge in [-0.1, -0.05) is 23.2 Å². The third-order valence-electron chi connectivity index (χ3n) is 1.24. The second-order valence-corrected chi connectivity index (χ2v) is 2.85. The van der Waals surface area contributed by atoms with Crippen molar-refractivity contribution in [1.82, 2.24) is 10.3 Å². The van der Waals surface area contributed by atoms with Crippen molar-refractivity contribution in [3.63, 3.8) is 0 Å². The zero-order valence-electron chi connectivity index (χ0n) is 6.21. The molecule has 0 saturated carbocycles. The topological polar surface area (TPSA) is 65.8 Å². The largest absolute Gasteiger partial charge is 0.268 e. The lowest BCUT2D eigenvalue weighted by Gasteiger charge is -2.00. The number of hydrogen-bond acceptors (Lipinski definition) is 3. The van der Waals surface area contributed by atoms with Crippen LogP contribution in [0.3, 0.4) is 0 Å². The predicted octanol–water partition coefficient (Wildman–Crippen LogP) is 1.60. The Morgan fingerprint density at radius 2 is 2.31 bits per heavy atom. The highest BCUT2D eigenvalue weighted by atomic mass is 35.5. The smallest absolute Gasteiger partial charge is 0.265 e. The summed E-state index contributed by atoms with van der Waals surface area (Å²) in [5.41, 5.74) is 0.128. The average Bonchev–Trinajstić information content (AvgIpc) is 2.09. The Bertz CT molecular complexity index is 386. The number of nitriles is 1. The van der Waals surface area contributed by atoms with Gasteiger partial charge in [0.05, 0.1) is 10.6 Å². The number of halogens is 2. The van der Waals surface area contributed by atoms with Crippen molar-refractivity contribution in [2.24, 2.45) is 0 Å². The van der Waals surface area contributed by atoms with Gasteiger partial charge in [0.2, 0.25) is 0 Å². The predicted molar refractivity (Wildman–Crippen MR) is 47.3 cm³/mol. The molecule has 1 N–H and O–H groups in total. The second kappa shape index (κ2) is 4.08. The van der Waals surface area contributed by atoms with Crippen LogP contribution in [-0.2, 0) is 0 Å². The van der Waals surface area contributed by atoms with Gasteiger partial charge >= 0.3 is 0 Å². The summed E-state index contributed by atoms with van der Waals surface area (Å²) in [5, 5.41) is 10.4. The molecule has 0 unspecified atom stereocenters. The van der Waals surface area contributed by atoms with Gasteiger partial charge in [-0.15, -0.1) is 0 Å². The maximum absolute atomic E-state index is 11.1. The van der Waals surface area contributed by atoms with Gasteiger partial charge in [-0.3, -0.25) is 10.1 Å². The Kier molecular flexibility index (Phi) is 3.07. The summed E-state index contributed by atoms with van der Waals surface area (Å²) in [4.78, 5) is 14.8. The molecule has 0 atom stereocenters. The first-order chi connectivity index (χ1) is 6.15. The Morgan fingerprint density at radius 3 is 2.92 bits per heavy atom. The highest BCUT2D eigenvalue weighted by Crippen LogP contribution is 2.17. The molecule has 0 aliphatic carbocycles. The molecule has 0 spiro atoms. The Balaban J connectivity index is 3.07. The summed E-state index contributed by atoms with van der Waals surface area (Å²) in [5.74, 6) is -0.600. The van der Waals surface area contributed by atoms with Crippen LogP contribution in [0, 0.1) is 11.5 Å². The lowest BCUT2D eigenvalue weighted by Crippen LogP contribution is -2.17. The molecule has 0 aliphatic heterocycles. The van der Waals surface area contributed by atoms with Crippen LogP contribution >= 0.6 is 23.2 Å². The molecule has 0 bridgehead atoms. The molecular formula is C7H3Cl2N3O. The fourth-order valence-corrected chi connectivity index (χ4v) is 1.05. The molecule has 0 fully saturated rings. The fraction of sp³-hybridized carbons (Fsp3) is 0. The van der Waals surface area contributed by atoms with Crippen LogP contribution in [0.25, 0.3) is 0 Å². The van der Waals surface area contributed by atoms with Crippen LogP contribution in [-0.4, -0.2) is 10.9 Å². The maximum Gasteiger partial charge on any atom is 0.265 e. The van der Waals surface area contributed by atoms with E-state index < -0.39 is 5.91 Å². The van der Waals surface area contributed by atoms with Crippen molar-refractivity contribution in [3.05, 3.63) is 28.0 Å². The van der Waals surface area contributed by atoms with Crippen LogP contribution < -0.4 is 5.32 Å². The number of amides is 1. The highest BCUT2D eigenvalue weighted by molar-refractivity contribution is 6.35. The normalized spacial score (nSPS) is 9.00. The number of nitrogens with one attached hydrogen (secondary N) is 1. The number of rotatable bonds is 1. The standard InChI is InChI=1S/C7H3Cl2N3O/c8-5-2-11-6(9)1-4(5)7(13)12-3-10/h1-2H,(H,12,13). The average molecular weight is 216 g/mol. The number of pyridine rings is 1. The van der Waals surface area contributed by atoms with E-state index in [1.54, 1.807) is 0 Å². The Labute approximate surface area is 84.1 Å². The van der Waals surface area contributed by atoms with E-state index in [1.807, 2.05) is 5.32 Å². The minimum Gasteiger partial charge on any atom is -0.268 e. The van der Waals surface area contributed by atoms with Gasteiger partial charge in [0.1, 0.15) is 5.15 Å². The number of aromatic nitrogens is 1. The van der Waals surface area contributed by atoms with E-state index in [0.717, 1.165) is 0 Å². The van der Waals surface area contributed by atoms with E-state index in [1.165, 1.54) is 18.5 Å². The van der Waals surface area contributed by atoms with Gasteiger partial charge in [-0.05, 0) is 6.07 Å². The fourth-order valence-electron chi connectivity index (χ4n) is 0.705. The van der Waals surface area contributed by atoms with Crippen molar-refractivity contribution in [2.75, 3.05) is 0 Å². The van der Waals surface area contributed by atoms with E-state index in [4.69, 9.17) is 28.5 Å². The molecule has 0 aromatic carbocycles. The second-order valence-electron chi connectivity index (χ2n) is 2.05. The summed E-state index contributed by atoms with van der Waals surface area (Å²) in [7, 11) is 0. The highest BCUT2D eigenvalue weighted by Gasteiger charge is 2.10. The van der Waals surface area contributed by atoms with E-state index in [2.05, 4.69) is 4.98 Å². The first-order valence-corrected chi connectivity index (χ1v) is 3.91. The van der Waals surface area contributed by atoms with Crippen molar-refractivity contribution in [3.8, 4) is 6.19 Å². The third-order valence-corrected chi connectivity index (χ3v) is 1.74. The minimum absolute atomic E-state index is 0.128. The minimum atomic E-state index is -0.600. The zero-order valence-corrected chi connectivity index (χ0v) is 7.73. The summed E-state index contributed by atoms with van der Waals surface area (Å²) >= 11 is 11.2. The van der Waals surface area contributed by atoms with Gasteiger partial charge in [-0.25, -0.2) is 4.98 Å². The lowest BCUT2D eigenvalue weighted by atomic mass is 10.2. The summed E-state index contributed by atoms with van der Waals surface area (Å²) in [6.07, 6.45) is 2.74. The molecule has 0 aliphatic rings. The maximum atomic E-state index is 11.1. The molecule has 1 rings (SSSR count). The summed E-state index contributed by atoms with van der Waals surface area (Å²) in [6.45, 7) is 0. The van der Waals surface area contributed by atoms with Crippen LogP contribution in [0.4, 0.5) is 0 Å².